The fraction of sp³-hybridized carbons (Fsp3) is 0.182. The van der Waals surface area contributed by atoms with Gasteiger partial charge in [-0.25, -0.2) is 0 Å². The molecule has 2 rings (SSSR count). The number of hydrogen-bond donors (Lipinski definition) is 1. The van der Waals surface area contributed by atoms with Crippen molar-refractivity contribution in [2.75, 3.05) is 19.5 Å². The summed E-state index contributed by atoms with van der Waals surface area (Å²) in [5, 5.41) is 3.40. The number of aromatic nitrogens is 3. The summed E-state index contributed by atoms with van der Waals surface area (Å²) in [4.78, 5) is 12.0. The number of nitrogens with one attached hydrogen (secondary N) is 1. The SMILES string of the molecule is CNc1nc(OC)nc(Oc2ccc(Cl)cc2Br)n1. The predicted molar refractivity (Wildman–Crippen MR) is 75.2 cm³/mol. The minimum Gasteiger partial charge on any atom is -0.467 e. The van der Waals surface area contributed by atoms with Crippen molar-refractivity contribution in [3.05, 3.63) is 27.7 Å². The van der Waals surface area contributed by atoms with Crippen LogP contribution >= 0.6 is 27.5 Å². The van der Waals surface area contributed by atoms with Gasteiger partial charge in [-0.15, -0.1) is 4.98 Å². The van der Waals surface area contributed by atoms with Crippen molar-refractivity contribution in [2.24, 2.45) is 0 Å². The lowest BCUT2D eigenvalue weighted by atomic mass is 10.3. The Labute approximate surface area is 123 Å². The molecule has 0 aliphatic carbocycles. The molecule has 6 nitrogen and oxygen atoms in total. The van der Waals surface area contributed by atoms with Crippen LogP contribution in [0.15, 0.2) is 22.7 Å². The zero-order valence-electron chi connectivity index (χ0n) is 10.1. The molecule has 1 aromatic heterocycles. The molecule has 2 aromatic rings. The molecule has 100 valence electrons. The van der Waals surface area contributed by atoms with Gasteiger partial charge in [-0.2, -0.15) is 9.97 Å². The van der Waals surface area contributed by atoms with E-state index in [0.717, 1.165) is 0 Å². The Kier molecular flexibility index (Phi) is 4.39. The van der Waals surface area contributed by atoms with E-state index in [0.29, 0.717) is 21.2 Å². The lowest BCUT2D eigenvalue weighted by Crippen LogP contribution is -2.03. The first kappa shape index (κ1) is 13.8. The van der Waals surface area contributed by atoms with E-state index in [-0.39, 0.29) is 12.0 Å². The number of benzene rings is 1. The highest BCUT2D eigenvalue weighted by atomic mass is 79.9. The summed E-state index contributed by atoms with van der Waals surface area (Å²) in [6.45, 7) is 0. The topological polar surface area (TPSA) is 69.2 Å². The standard InChI is InChI=1S/C11H10BrClN4O2/c1-14-9-15-10(18-2)17-11(16-9)19-8-4-3-6(13)5-7(8)12/h3-5H,1-2H3,(H,14,15,16,17). The molecular formula is C11H10BrClN4O2. The summed E-state index contributed by atoms with van der Waals surface area (Å²) in [5.74, 6) is 0.895. The minimum atomic E-state index is 0.124. The van der Waals surface area contributed by atoms with Crippen molar-refractivity contribution in [2.45, 2.75) is 0 Å². The smallest absolute Gasteiger partial charge is 0.330 e. The van der Waals surface area contributed by atoms with E-state index in [2.05, 4.69) is 36.2 Å². The molecule has 1 N–H and O–H groups in total. The van der Waals surface area contributed by atoms with Crippen LogP contribution in [0.25, 0.3) is 0 Å². The first-order chi connectivity index (χ1) is 9.12. The Balaban J connectivity index is 2.31. The third-order valence-corrected chi connectivity index (χ3v) is 2.95. The number of ether oxygens (including phenoxy) is 2. The first-order valence-electron chi connectivity index (χ1n) is 5.23. The number of halogens is 2. The van der Waals surface area contributed by atoms with Gasteiger partial charge in [0.25, 0.3) is 0 Å². The van der Waals surface area contributed by atoms with Crippen LogP contribution in [0.1, 0.15) is 0 Å². The average Bonchev–Trinajstić information content (AvgIpc) is 2.41. The van der Waals surface area contributed by atoms with Crippen LogP contribution in [0.3, 0.4) is 0 Å². The van der Waals surface area contributed by atoms with E-state index in [9.17, 15) is 0 Å². The largest absolute Gasteiger partial charge is 0.467 e. The van der Waals surface area contributed by atoms with Crippen LogP contribution in [-0.4, -0.2) is 29.1 Å². The Hall–Kier alpha value is -1.60. The van der Waals surface area contributed by atoms with Gasteiger partial charge >= 0.3 is 12.0 Å². The summed E-state index contributed by atoms with van der Waals surface area (Å²) in [6, 6.07) is 5.42. The number of anilines is 1. The molecule has 0 saturated carbocycles. The highest BCUT2D eigenvalue weighted by Gasteiger charge is 2.10. The van der Waals surface area contributed by atoms with Crippen LogP contribution in [0, 0.1) is 0 Å². The van der Waals surface area contributed by atoms with Crippen LogP contribution < -0.4 is 14.8 Å². The maximum absolute atomic E-state index is 5.86. The van der Waals surface area contributed by atoms with Crippen LogP contribution in [0.4, 0.5) is 5.95 Å². The van der Waals surface area contributed by atoms with Crippen molar-refractivity contribution in [3.63, 3.8) is 0 Å². The molecule has 0 aliphatic rings. The van der Waals surface area contributed by atoms with Crippen LogP contribution in [-0.2, 0) is 0 Å². The fourth-order valence-electron chi connectivity index (χ4n) is 1.24. The third kappa shape index (κ3) is 3.45. The summed E-state index contributed by atoms with van der Waals surface area (Å²) >= 11 is 9.21. The molecule has 1 aromatic carbocycles. The van der Waals surface area contributed by atoms with Gasteiger partial charge in [0.2, 0.25) is 5.95 Å². The second kappa shape index (κ2) is 6.03. The Bertz CT molecular complexity index is 575. The predicted octanol–water partition coefficient (Wildman–Crippen LogP) is 3.13. The highest BCUT2D eigenvalue weighted by molar-refractivity contribution is 9.10. The molecule has 0 radical (unpaired) electrons. The van der Waals surface area contributed by atoms with Crippen LogP contribution in [0.5, 0.6) is 17.8 Å². The summed E-state index contributed by atoms with van der Waals surface area (Å²) in [6.07, 6.45) is 0. The Morgan fingerprint density at radius 2 is 1.95 bits per heavy atom. The molecular weight excluding hydrogens is 336 g/mol. The number of rotatable bonds is 4. The molecule has 0 spiro atoms. The molecule has 1 heterocycles. The zero-order valence-corrected chi connectivity index (χ0v) is 12.5. The van der Waals surface area contributed by atoms with Gasteiger partial charge in [0, 0.05) is 12.1 Å². The van der Waals surface area contributed by atoms with E-state index in [1.807, 2.05) is 0 Å². The molecule has 0 aliphatic heterocycles. The summed E-state index contributed by atoms with van der Waals surface area (Å²) in [5.41, 5.74) is 0. The molecule has 0 saturated heterocycles. The zero-order chi connectivity index (χ0) is 13.8. The number of nitrogens with zero attached hydrogens (tertiary/aromatic N) is 3. The van der Waals surface area contributed by atoms with E-state index in [4.69, 9.17) is 21.1 Å². The van der Waals surface area contributed by atoms with Gasteiger partial charge in [0.05, 0.1) is 11.6 Å². The maximum Gasteiger partial charge on any atom is 0.330 e. The van der Waals surface area contributed by atoms with Gasteiger partial charge in [0.15, 0.2) is 0 Å². The molecule has 19 heavy (non-hydrogen) atoms. The van der Waals surface area contributed by atoms with Crippen molar-refractivity contribution in [3.8, 4) is 17.8 Å². The second-order valence-electron chi connectivity index (χ2n) is 3.36. The first-order valence-corrected chi connectivity index (χ1v) is 6.40. The minimum absolute atomic E-state index is 0.124. The van der Waals surface area contributed by atoms with E-state index < -0.39 is 0 Å². The van der Waals surface area contributed by atoms with Gasteiger partial charge in [-0.3, -0.25) is 0 Å². The quantitative estimate of drug-likeness (QED) is 0.918. The van der Waals surface area contributed by atoms with Crippen molar-refractivity contribution >= 4 is 33.5 Å². The average molecular weight is 346 g/mol. The van der Waals surface area contributed by atoms with Gasteiger partial charge < -0.3 is 14.8 Å². The molecule has 0 amide bonds. The Morgan fingerprint density at radius 3 is 2.58 bits per heavy atom. The van der Waals surface area contributed by atoms with E-state index in [1.165, 1.54) is 7.11 Å². The summed E-state index contributed by atoms with van der Waals surface area (Å²) in [7, 11) is 3.16. The fourth-order valence-corrected chi connectivity index (χ4v) is 2.01. The lowest BCUT2D eigenvalue weighted by Gasteiger charge is -2.08. The maximum atomic E-state index is 5.86. The van der Waals surface area contributed by atoms with Crippen LogP contribution in [0.2, 0.25) is 5.02 Å². The van der Waals surface area contributed by atoms with Crippen molar-refractivity contribution in [1.29, 1.82) is 0 Å². The molecule has 0 bridgehead atoms. The van der Waals surface area contributed by atoms with E-state index in [1.54, 1.807) is 25.2 Å². The number of methoxy groups -OCH3 is 1. The van der Waals surface area contributed by atoms with Gasteiger partial charge in [0.1, 0.15) is 5.75 Å². The normalized spacial score (nSPS) is 10.1. The third-order valence-electron chi connectivity index (χ3n) is 2.10. The second-order valence-corrected chi connectivity index (χ2v) is 4.65. The molecule has 0 fully saturated rings. The highest BCUT2D eigenvalue weighted by Crippen LogP contribution is 2.31. The van der Waals surface area contributed by atoms with Gasteiger partial charge in [-0.1, -0.05) is 11.6 Å². The summed E-state index contributed by atoms with van der Waals surface area (Å²) < 4.78 is 11.2. The monoisotopic (exact) mass is 344 g/mol. The lowest BCUT2D eigenvalue weighted by molar-refractivity contribution is 0.360. The Morgan fingerprint density at radius 1 is 1.21 bits per heavy atom. The van der Waals surface area contributed by atoms with E-state index >= 15 is 0 Å². The van der Waals surface area contributed by atoms with Gasteiger partial charge in [-0.05, 0) is 34.1 Å². The molecule has 0 atom stereocenters. The molecule has 8 heteroatoms. The van der Waals surface area contributed by atoms with Crippen molar-refractivity contribution in [1.82, 2.24) is 15.0 Å². The molecule has 0 unspecified atom stereocenters. The van der Waals surface area contributed by atoms with Crippen molar-refractivity contribution < 1.29 is 9.47 Å². The number of hydrogen-bond acceptors (Lipinski definition) is 6.